The summed E-state index contributed by atoms with van der Waals surface area (Å²) in [4.78, 5) is 24.2. The molecule has 0 bridgehead atoms. The van der Waals surface area contributed by atoms with E-state index in [1.165, 1.54) is 0 Å². The van der Waals surface area contributed by atoms with Crippen molar-refractivity contribution >= 4 is 17.6 Å². The maximum absolute atomic E-state index is 12.1. The predicted octanol–water partition coefficient (Wildman–Crippen LogP) is 3.77. The van der Waals surface area contributed by atoms with Gasteiger partial charge >= 0.3 is 5.97 Å². The summed E-state index contributed by atoms with van der Waals surface area (Å²) in [7, 11) is 0. The molecule has 6 heteroatoms. The zero-order valence-electron chi connectivity index (χ0n) is 16.6. The molecule has 6 nitrogen and oxygen atoms in total. The summed E-state index contributed by atoms with van der Waals surface area (Å²) in [6.07, 6.45) is 0.849. The normalized spacial score (nSPS) is 10.2. The molecule has 0 radical (unpaired) electrons. The number of aryl methyl sites for hydroxylation is 1. The van der Waals surface area contributed by atoms with Crippen molar-refractivity contribution in [1.29, 1.82) is 0 Å². The van der Waals surface area contributed by atoms with Crippen LogP contribution in [0.1, 0.15) is 31.9 Å². The van der Waals surface area contributed by atoms with Gasteiger partial charge in [0.1, 0.15) is 0 Å². The van der Waals surface area contributed by atoms with E-state index in [1.54, 1.807) is 18.2 Å². The Bertz CT molecular complexity index is 803. The number of carbonyl (C=O) groups is 2. The number of para-hydroxylation sites is 1. The van der Waals surface area contributed by atoms with Gasteiger partial charge in [-0.05, 0) is 49.6 Å². The van der Waals surface area contributed by atoms with Gasteiger partial charge in [0.15, 0.2) is 18.1 Å². The maximum atomic E-state index is 12.1. The van der Waals surface area contributed by atoms with Crippen molar-refractivity contribution < 1.29 is 23.8 Å². The highest BCUT2D eigenvalue weighted by Crippen LogP contribution is 2.28. The predicted molar refractivity (Wildman–Crippen MR) is 108 cm³/mol. The van der Waals surface area contributed by atoms with E-state index >= 15 is 0 Å². The fourth-order valence-corrected chi connectivity index (χ4v) is 2.71. The average molecular weight is 385 g/mol. The number of hydrogen-bond donors (Lipinski definition) is 1. The van der Waals surface area contributed by atoms with E-state index in [4.69, 9.17) is 14.2 Å². The van der Waals surface area contributed by atoms with Crippen molar-refractivity contribution in [3.05, 3.63) is 53.6 Å². The van der Waals surface area contributed by atoms with Crippen molar-refractivity contribution in [3.63, 3.8) is 0 Å². The fourth-order valence-electron chi connectivity index (χ4n) is 2.71. The number of rotatable bonds is 10. The number of carbonyl (C=O) groups excluding carboxylic acids is 2. The van der Waals surface area contributed by atoms with Crippen LogP contribution >= 0.6 is 0 Å². The van der Waals surface area contributed by atoms with E-state index in [2.05, 4.69) is 5.32 Å². The van der Waals surface area contributed by atoms with Crippen LogP contribution in [0.2, 0.25) is 0 Å². The summed E-state index contributed by atoms with van der Waals surface area (Å²) in [5.74, 6) is 0.375. The van der Waals surface area contributed by atoms with Crippen LogP contribution in [0.15, 0.2) is 42.5 Å². The first kappa shape index (κ1) is 21.3. The van der Waals surface area contributed by atoms with E-state index in [9.17, 15) is 9.59 Å². The smallest absolute Gasteiger partial charge is 0.310 e. The molecule has 0 aromatic heterocycles. The highest BCUT2D eigenvalue weighted by molar-refractivity contribution is 5.93. The number of anilines is 1. The Labute approximate surface area is 165 Å². The molecule has 0 unspecified atom stereocenters. The number of esters is 1. The van der Waals surface area contributed by atoms with Crippen LogP contribution < -0.4 is 14.8 Å². The highest BCUT2D eigenvalue weighted by Gasteiger charge is 2.12. The molecule has 2 aromatic carbocycles. The summed E-state index contributed by atoms with van der Waals surface area (Å²) >= 11 is 0. The minimum atomic E-state index is -0.481. The molecule has 2 rings (SSSR count). The molecule has 0 aliphatic rings. The second-order valence-corrected chi connectivity index (χ2v) is 6.04. The van der Waals surface area contributed by atoms with Gasteiger partial charge in [-0.2, -0.15) is 0 Å². The number of hydrogen-bond acceptors (Lipinski definition) is 5. The monoisotopic (exact) mass is 385 g/mol. The van der Waals surface area contributed by atoms with Gasteiger partial charge < -0.3 is 19.5 Å². The van der Waals surface area contributed by atoms with Crippen LogP contribution in [0, 0.1) is 0 Å². The van der Waals surface area contributed by atoms with E-state index in [0.717, 1.165) is 23.2 Å². The lowest BCUT2D eigenvalue weighted by atomic mass is 10.1. The van der Waals surface area contributed by atoms with Crippen molar-refractivity contribution in [2.24, 2.45) is 0 Å². The molecule has 0 atom stereocenters. The number of ether oxygens (including phenoxy) is 3. The van der Waals surface area contributed by atoms with E-state index in [1.807, 2.05) is 45.0 Å². The van der Waals surface area contributed by atoms with Crippen molar-refractivity contribution in [3.8, 4) is 11.5 Å². The van der Waals surface area contributed by atoms with Crippen LogP contribution in [-0.2, 0) is 27.2 Å². The molecule has 0 fully saturated rings. The third-order valence-electron chi connectivity index (χ3n) is 3.99. The van der Waals surface area contributed by atoms with Crippen LogP contribution in [0.4, 0.5) is 5.69 Å². The third-order valence-corrected chi connectivity index (χ3v) is 3.99. The van der Waals surface area contributed by atoms with E-state index in [-0.39, 0.29) is 18.9 Å². The zero-order chi connectivity index (χ0) is 20.4. The third kappa shape index (κ3) is 6.30. The van der Waals surface area contributed by atoms with E-state index in [0.29, 0.717) is 24.7 Å². The van der Waals surface area contributed by atoms with Crippen molar-refractivity contribution in [2.75, 3.05) is 25.1 Å². The fraction of sp³-hybridized carbons (Fsp3) is 0.364. The maximum Gasteiger partial charge on any atom is 0.310 e. The lowest BCUT2D eigenvalue weighted by molar-refractivity contribution is -0.146. The summed E-state index contributed by atoms with van der Waals surface area (Å²) in [5.41, 5.74) is 2.49. The molecule has 28 heavy (non-hydrogen) atoms. The van der Waals surface area contributed by atoms with Gasteiger partial charge in [0.2, 0.25) is 0 Å². The van der Waals surface area contributed by atoms with Gasteiger partial charge in [-0.1, -0.05) is 31.2 Å². The molecule has 1 N–H and O–H groups in total. The van der Waals surface area contributed by atoms with Gasteiger partial charge in [0.05, 0.1) is 19.6 Å². The molecule has 1 amide bonds. The summed E-state index contributed by atoms with van der Waals surface area (Å²) in [6, 6.07) is 12.9. The number of nitrogens with one attached hydrogen (secondary N) is 1. The molecule has 0 spiro atoms. The minimum absolute atomic E-state index is 0.0469. The molecular formula is C22H27NO5. The van der Waals surface area contributed by atoms with Crippen LogP contribution in [0.3, 0.4) is 0 Å². The molecule has 150 valence electrons. The first-order valence-electron chi connectivity index (χ1n) is 9.49. The summed E-state index contributed by atoms with van der Waals surface area (Å²) in [6.45, 7) is 6.48. The second kappa shape index (κ2) is 11.0. The standard InChI is InChI=1S/C22H27NO5/c1-4-17-9-7-8-10-18(17)23-21(24)15-28-22(25)14-16-11-12-19(26-5-2)20(13-16)27-6-3/h7-13H,4-6,14-15H2,1-3H3,(H,23,24). The molecule has 0 heterocycles. The molecule has 0 saturated heterocycles. The van der Waals surface area contributed by atoms with Gasteiger partial charge in [0.25, 0.3) is 5.91 Å². The van der Waals surface area contributed by atoms with Crippen LogP contribution in [-0.4, -0.2) is 31.7 Å². The second-order valence-electron chi connectivity index (χ2n) is 6.04. The first-order valence-corrected chi connectivity index (χ1v) is 9.49. The Morgan fingerprint density at radius 2 is 1.64 bits per heavy atom. The quantitative estimate of drug-likeness (QED) is 0.630. The van der Waals surface area contributed by atoms with E-state index < -0.39 is 5.97 Å². The molecule has 0 saturated carbocycles. The number of amides is 1. The molecule has 0 aliphatic carbocycles. The minimum Gasteiger partial charge on any atom is -0.490 e. The van der Waals surface area contributed by atoms with Gasteiger partial charge in [-0.25, -0.2) is 0 Å². The highest BCUT2D eigenvalue weighted by atomic mass is 16.5. The summed E-state index contributed by atoms with van der Waals surface area (Å²) < 4.78 is 16.2. The Balaban J connectivity index is 1.89. The largest absolute Gasteiger partial charge is 0.490 e. The SMILES string of the molecule is CCOc1ccc(CC(=O)OCC(=O)Nc2ccccc2CC)cc1OCC. The van der Waals surface area contributed by atoms with Gasteiger partial charge in [-0.3, -0.25) is 9.59 Å². The lowest BCUT2D eigenvalue weighted by Crippen LogP contribution is -2.22. The van der Waals surface area contributed by atoms with Gasteiger partial charge in [0, 0.05) is 5.69 Å². The zero-order valence-corrected chi connectivity index (χ0v) is 16.6. The number of benzene rings is 2. The Kier molecular flexibility index (Phi) is 8.34. The molecule has 0 aliphatic heterocycles. The summed E-state index contributed by atoms with van der Waals surface area (Å²) in [5, 5.41) is 2.78. The average Bonchev–Trinajstić information content (AvgIpc) is 2.69. The Morgan fingerprint density at radius 1 is 0.929 bits per heavy atom. The van der Waals surface area contributed by atoms with Crippen molar-refractivity contribution in [1.82, 2.24) is 0 Å². The molecular weight excluding hydrogens is 358 g/mol. The van der Waals surface area contributed by atoms with Crippen molar-refractivity contribution in [2.45, 2.75) is 33.6 Å². The lowest BCUT2D eigenvalue weighted by Gasteiger charge is -2.12. The first-order chi connectivity index (χ1) is 13.6. The van der Waals surface area contributed by atoms with Gasteiger partial charge in [-0.15, -0.1) is 0 Å². The van der Waals surface area contributed by atoms with Crippen LogP contribution in [0.5, 0.6) is 11.5 Å². The topological polar surface area (TPSA) is 73.9 Å². The van der Waals surface area contributed by atoms with Crippen LogP contribution in [0.25, 0.3) is 0 Å². The Morgan fingerprint density at radius 3 is 2.36 bits per heavy atom. The molecule has 2 aromatic rings. The Hall–Kier alpha value is -3.02.